The van der Waals surface area contributed by atoms with Crippen LogP contribution >= 0.6 is 0 Å². The lowest BCUT2D eigenvalue weighted by Gasteiger charge is -2.51. The van der Waals surface area contributed by atoms with Gasteiger partial charge in [-0.25, -0.2) is 4.79 Å². The van der Waals surface area contributed by atoms with Crippen LogP contribution in [0.1, 0.15) is 48.0 Å². The van der Waals surface area contributed by atoms with Crippen molar-refractivity contribution in [3.05, 3.63) is 0 Å². The fourth-order valence-corrected chi connectivity index (χ4v) is 18.4. The van der Waals surface area contributed by atoms with E-state index < -0.39 is 451 Å². The summed E-state index contributed by atoms with van der Waals surface area (Å²) < 4.78 is 124. The summed E-state index contributed by atoms with van der Waals surface area (Å²) in [7, 11) is 0. The lowest BCUT2D eigenvalue weighted by Crippen LogP contribution is -2.71. The third kappa shape index (κ3) is 25.8. The van der Waals surface area contributed by atoms with Gasteiger partial charge >= 0.3 is 5.97 Å². The van der Waals surface area contributed by atoms with Crippen LogP contribution in [0.2, 0.25) is 0 Å². The zero-order valence-corrected chi connectivity index (χ0v) is 76.4. The van der Waals surface area contributed by atoms with Crippen molar-refractivity contribution < 1.29 is 287 Å². The fraction of sp³-hybridized carbons (Fsp3) is 0.924. The quantitative estimate of drug-likeness (QED) is 0.0273. The molecule has 0 aliphatic carbocycles. The number of hydrogen-bond acceptors (Lipinski definition) is 57. The third-order valence-corrected chi connectivity index (χ3v) is 25.9. The lowest BCUT2D eigenvalue weighted by atomic mass is 9.88. The van der Waals surface area contributed by atoms with E-state index in [0.717, 1.165) is 34.6 Å². The van der Waals surface area contributed by atoms with Crippen LogP contribution in [0.3, 0.4) is 0 Å². The molecule has 11 fully saturated rings. The van der Waals surface area contributed by atoms with Crippen LogP contribution in [-0.2, 0) is 128 Å². The first-order chi connectivity index (χ1) is 67.0. The van der Waals surface area contributed by atoms with E-state index in [1.807, 2.05) is 0 Å². The number of aliphatic carboxylic acids is 1. The highest BCUT2D eigenvalue weighted by atomic mass is 16.8. The molecule has 11 aliphatic heterocycles. The summed E-state index contributed by atoms with van der Waals surface area (Å²) in [5, 5.41) is 360. The van der Waals surface area contributed by atoms with Gasteiger partial charge in [-0.05, 0) is 6.92 Å². The molecule has 11 saturated heterocycles. The first kappa shape index (κ1) is 117. The molecule has 11 heterocycles. The van der Waals surface area contributed by atoms with E-state index in [2.05, 4.69) is 26.6 Å². The number of rotatable bonds is 38. The molecule has 11 aliphatic rings. The average Bonchev–Trinajstić information content (AvgIpc) is 0.750. The summed E-state index contributed by atoms with van der Waals surface area (Å²) in [4.78, 5) is 77.6. The van der Waals surface area contributed by atoms with Gasteiger partial charge in [0.1, 0.15) is 256 Å². The first-order valence-electron chi connectivity index (χ1n) is 45.1. The third-order valence-electron chi connectivity index (χ3n) is 25.9. The molecule has 56 atom stereocenters. The Hall–Kier alpha value is -5.22. The molecular formula is C79H131N5O58. The van der Waals surface area contributed by atoms with Crippen LogP contribution in [0.5, 0.6) is 0 Å². The number of amides is 5. The van der Waals surface area contributed by atoms with E-state index in [0.29, 0.717) is 0 Å². The number of carbonyl (C=O) groups is 6. The summed E-state index contributed by atoms with van der Waals surface area (Å²) in [6, 6.07) is -9.67. The fourth-order valence-electron chi connectivity index (χ4n) is 18.4. The molecule has 63 heteroatoms. The van der Waals surface area contributed by atoms with Crippen LogP contribution in [0.4, 0.5) is 0 Å². The SMILES string of the molecule is CC(=O)N[C@H]1[C@H](O[C@H]2[C@H](O)[C@@H](NC(C)=O)C(O)O[C@@H]2CO[C@@H]2O[C@@H](C)[C@@H](O)[C@@H](O)[C@@H]2O)O[C@H](CO)[C@@H](O[C@@H]2O[C@H](CO[C@H]3O[C@H](CO)[C@@H](O[C@@H]4O[C@H](CO)[C@@H](O[C@@H]5O[C@H](CO)[C@H](O)[C@H](O)[C@H]5O)[C@H](O)[C@H]4NC(C)=O)[C@H](O)[C@@H]3O)[C@@H](O)[C@H](O[C@H]3O[C@H](CO)[C@@H](O)[C@H](O)[C@@H]3O[C@@H]3O[C@H](CO)[C@@H](O[C@@H]4O[C@H](CO)[C@H](O)[C@H](O[C@]5(C(=O)O)C[C@H](O)[C@@H](NC(C)=O)[C@H]([C@H](O)[C@H](O)CO)O5)[C@H]4O)[C@H](O)[C@H]3NC(C)=O)[C@@H]2O)[C@@H]1O. The van der Waals surface area contributed by atoms with Gasteiger partial charge in [-0.15, -0.1) is 0 Å². The number of hydrogen-bond donors (Lipinski definition) is 36. The van der Waals surface area contributed by atoms with E-state index in [1.165, 1.54) is 6.92 Å². The Labute approximate surface area is 803 Å². The second-order valence-corrected chi connectivity index (χ2v) is 36.0. The maximum absolute atomic E-state index is 13.3. The Morgan fingerprint density at radius 1 is 0.303 bits per heavy atom. The van der Waals surface area contributed by atoms with E-state index in [4.69, 9.17) is 99.5 Å². The Kier molecular flexibility index (Phi) is 41.7. The normalized spacial score (nSPS) is 48.0. The van der Waals surface area contributed by atoms with Crippen LogP contribution in [-0.4, -0.2) is 603 Å². The van der Waals surface area contributed by atoms with Gasteiger partial charge < -0.3 is 284 Å². The van der Waals surface area contributed by atoms with Gasteiger partial charge in [0.2, 0.25) is 29.5 Å². The first-order valence-corrected chi connectivity index (χ1v) is 45.1. The number of aliphatic hydroxyl groups is 30. The van der Waals surface area contributed by atoms with Gasteiger partial charge in [-0.1, -0.05) is 0 Å². The summed E-state index contributed by atoms with van der Waals surface area (Å²) in [6.07, 6.45) is -110. The summed E-state index contributed by atoms with van der Waals surface area (Å²) in [6.45, 7) is -5.92. The minimum atomic E-state index is -3.34. The minimum Gasteiger partial charge on any atom is -0.477 e. The molecule has 0 radical (unpaired) electrons. The second kappa shape index (κ2) is 50.6. The van der Waals surface area contributed by atoms with Crippen LogP contribution in [0.15, 0.2) is 0 Å². The van der Waals surface area contributed by atoms with Crippen molar-refractivity contribution in [2.75, 3.05) is 66.1 Å². The van der Waals surface area contributed by atoms with Gasteiger partial charge in [0.25, 0.3) is 5.79 Å². The molecule has 11 rings (SSSR count). The number of carboxylic acids is 1. The topological polar surface area (TPSA) is 984 Å². The highest BCUT2D eigenvalue weighted by molar-refractivity contribution is 5.77. The van der Waals surface area contributed by atoms with E-state index in [9.17, 15) is 187 Å². The number of nitrogens with one attached hydrogen (secondary N) is 5. The molecule has 0 aromatic heterocycles. The van der Waals surface area contributed by atoms with Crippen molar-refractivity contribution in [2.24, 2.45) is 0 Å². The van der Waals surface area contributed by atoms with Crippen LogP contribution < -0.4 is 26.6 Å². The maximum atomic E-state index is 13.3. The van der Waals surface area contributed by atoms with Crippen molar-refractivity contribution in [1.82, 2.24) is 26.6 Å². The molecule has 63 nitrogen and oxygen atoms in total. The zero-order chi connectivity index (χ0) is 105. The Bertz CT molecular complexity index is 4010. The van der Waals surface area contributed by atoms with Crippen molar-refractivity contribution >= 4 is 35.5 Å². The van der Waals surface area contributed by atoms with Crippen molar-refractivity contribution in [3.8, 4) is 0 Å². The molecule has 5 amide bonds. The number of carboxylic acid groups (broad SMARTS) is 1. The lowest BCUT2D eigenvalue weighted by molar-refractivity contribution is -0.400. The largest absolute Gasteiger partial charge is 0.477 e. The smallest absolute Gasteiger partial charge is 0.364 e. The van der Waals surface area contributed by atoms with Gasteiger partial charge in [0.15, 0.2) is 62.9 Å². The summed E-state index contributed by atoms with van der Waals surface area (Å²) >= 11 is 0. The molecule has 36 N–H and O–H groups in total. The van der Waals surface area contributed by atoms with E-state index in [-0.39, 0.29) is 0 Å². The number of carbonyl (C=O) groups excluding carboxylic acids is 5. The Balaban J connectivity index is 0.891. The average molecular weight is 2080 g/mol. The van der Waals surface area contributed by atoms with Gasteiger partial charge in [0, 0.05) is 41.0 Å². The maximum Gasteiger partial charge on any atom is 0.364 e. The second-order valence-electron chi connectivity index (χ2n) is 36.0. The van der Waals surface area contributed by atoms with Gasteiger partial charge in [0.05, 0.1) is 84.3 Å². The van der Waals surface area contributed by atoms with Crippen LogP contribution in [0.25, 0.3) is 0 Å². The highest BCUT2D eigenvalue weighted by Crippen LogP contribution is 2.44. The number of aliphatic hydroxyl groups excluding tert-OH is 30. The Morgan fingerprint density at radius 3 is 1.06 bits per heavy atom. The highest BCUT2D eigenvalue weighted by Gasteiger charge is 2.65. The monoisotopic (exact) mass is 2080 g/mol. The summed E-state index contributed by atoms with van der Waals surface area (Å²) in [5.41, 5.74) is 0. The molecule has 142 heavy (non-hydrogen) atoms. The predicted molar refractivity (Wildman–Crippen MR) is 436 cm³/mol. The van der Waals surface area contributed by atoms with E-state index >= 15 is 0 Å². The van der Waals surface area contributed by atoms with E-state index in [1.54, 1.807) is 0 Å². The van der Waals surface area contributed by atoms with Gasteiger partial charge in [-0.3, -0.25) is 24.0 Å². The molecule has 0 bridgehead atoms. The predicted octanol–water partition coefficient (Wildman–Crippen LogP) is -24.0. The molecule has 0 aromatic rings. The standard InChI is InChI=1S/C79H131N5O58/c1-18-40(100)50(110)54(114)72(124-18)123-17-34-63(46(106)36(68(119)125-34)81-20(3)94)135-70-38(83-22(5)96)48(108)60(30(13-90)130-70)137-75-57(117)65(45(105)33(133-75)16-122-73-56(116)53(113)62(32(15-92)132-73)134-69-37(82-21(4)95)47(107)59(29(12-89)129-69)136-74-55(115)51(111)42(102)26(9-86)126-74)139-77-67(52(112)43(103)27(10-87)128-77)140-71-39(84-23(6)97)49(109)61(31(14-91)131-71)138-76-58(118)66(44(104)28(11-88)127-76)142-79(78(120)121)7-24(98)35(80-19(2)93)64(141-79)41(101)25(99)8-85/h18,24-77,85-92,98-119H,7-17H2,1-6H3,(H,80,93)(H,81,94)(H,82,95)(H,83,96)(H,84,97)(H,120,121)/t18-,24-,25+,26+,27+,28+,29+,30+,31+,32+,33+,34+,35+,36+,37+,38+,39+,40+,41+,42-,43+,44-,45+,46+,47+,48+,49+,50+,51-,52-,53+,54-,55+,56-,57-,58+,59+,60+,61+,62+,63+,64+,65-,66-,67-,68?,69-,70-,71-,72+,73-,74-,75-,76-,77+,79-/m0/s1. The Morgan fingerprint density at radius 2 is 0.613 bits per heavy atom. The number of ether oxygens (including phenoxy) is 21. The molecule has 0 saturated carbocycles. The molecule has 1 unspecified atom stereocenters. The molecule has 0 aromatic carbocycles. The summed E-state index contributed by atoms with van der Waals surface area (Å²) in [5.74, 6) is -10.3. The van der Waals surface area contributed by atoms with Crippen molar-refractivity contribution in [1.29, 1.82) is 0 Å². The molecular weight excluding hydrogens is 1950 g/mol. The van der Waals surface area contributed by atoms with Crippen molar-refractivity contribution in [3.63, 3.8) is 0 Å². The molecule has 0 spiro atoms. The van der Waals surface area contributed by atoms with Gasteiger partial charge in [-0.2, -0.15) is 0 Å². The molecule has 820 valence electrons. The van der Waals surface area contributed by atoms with Crippen molar-refractivity contribution in [2.45, 2.75) is 391 Å². The zero-order valence-electron chi connectivity index (χ0n) is 76.4. The van der Waals surface area contributed by atoms with Crippen LogP contribution in [0, 0.1) is 0 Å². The minimum absolute atomic E-state index is 0.845.